The summed E-state index contributed by atoms with van der Waals surface area (Å²) in [6, 6.07) is 12.4. The van der Waals surface area contributed by atoms with E-state index in [1.807, 2.05) is 18.2 Å². The van der Waals surface area contributed by atoms with E-state index in [1.54, 1.807) is 29.2 Å². The van der Waals surface area contributed by atoms with E-state index in [1.165, 1.54) is 6.92 Å². The van der Waals surface area contributed by atoms with Crippen LogP contribution in [0.4, 0.5) is 5.69 Å². The number of hydrogen-bond acceptors (Lipinski definition) is 5. The molecule has 0 bridgehead atoms. The molecule has 2 aromatic carbocycles. The zero-order valence-corrected chi connectivity index (χ0v) is 17.3. The van der Waals surface area contributed by atoms with Gasteiger partial charge in [0.1, 0.15) is 16.9 Å². The van der Waals surface area contributed by atoms with Crippen molar-refractivity contribution in [3.8, 4) is 0 Å². The first-order valence-electron chi connectivity index (χ1n) is 9.92. The highest BCUT2D eigenvalue weighted by Gasteiger charge is 2.34. The van der Waals surface area contributed by atoms with Crippen LogP contribution in [0.5, 0.6) is 0 Å². The summed E-state index contributed by atoms with van der Waals surface area (Å²) in [5, 5.41) is 11.7. The number of carbonyl (C=O) groups excluding carboxylic acids is 1. The topological polar surface area (TPSA) is 99.9 Å². The molecule has 30 heavy (non-hydrogen) atoms. The second kappa shape index (κ2) is 6.66. The number of carbonyl (C=O) groups is 1. The number of fused-ring (bicyclic) bond motifs is 1. The Hall–Kier alpha value is -2.68. The Bertz CT molecular complexity index is 1240. The molecule has 0 saturated carbocycles. The van der Waals surface area contributed by atoms with Crippen molar-refractivity contribution in [2.75, 3.05) is 18.0 Å². The van der Waals surface area contributed by atoms with Crippen molar-refractivity contribution in [2.45, 2.75) is 36.7 Å². The molecule has 1 atom stereocenters. The van der Waals surface area contributed by atoms with E-state index in [9.17, 15) is 18.3 Å². The minimum Gasteiger partial charge on any atom is -0.458 e. The lowest BCUT2D eigenvalue weighted by Crippen LogP contribution is -2.38. The SMILES string of the molecule is CC(O)(CNS(=O)(=O)c1cc2c3c(c1)CCN3C(=O)CC2)c1cc2ccccc2o1. The molecule has 0 radical (unpaired) electrons. The molecule has 156 valence electrons. The molecule has 0 saturated heterocycles. The molecule has 5 rings (SSSR count). The van der Waals surface area contributed by atoms with Crippen molar-refractivity contribution in [3.05, 3.63) is 59.4 Å². The Morgan fingerprint density at radius 3 is 2.63 bits per heavy atom. The van der Waals surface area contributed by atoms with Gasteiger partial charge in [0.15, 0.2) is 0 Å². The third kappa shape index (κ3) is 3.12. The number of aliphatic hydroxyl groups is 1. The molecular formula is C22H22N2O5S. The van der Waals surface area contributed by atoms with Gasteiger partial charge in [-0.1, -0.05) is 18.2 Å². The van der Waals surface area contributed by atoms with Crippen LogP contribution in [0.3, 0.4) is 0 Å². The van der Waals surface area contributed by atoms with E-state index in [-0.39, 0.29) is 17.3 Å². The standard InChI is InChI=1S/C22H22N2O5S/c1-22(26,19-12-14-4-2-3-5-18(14)29-19)13-23-30(27,28)17-10-15-6-7-20(25)24-9-8-16(11-17)21(15)24/h2-5,10-12,23,26H,6-9,13H2,1H3. The van der Waals surface area contributed by atoms with E-state index in [0.717, 1.165) is 22.2 Å². The quantitative estimate of drug-likeness (QED) is 0.653. The summed E-state index contributed by atoms with van der Waals surface area (Å²) >= 11 is 0. The number of hydrogen-bond donors (Lipinski definition) is 2. The lowest BCUT2D eigenvalue weighted by atomic mass is 10.00. The molecule has 3 aromatic rings. The number of amides is 1. The van der Waals surface area contributed by atoms with Gasteiger partial charge in [0.2, 0.25) is 15.9 Å². The number of benzene rings is 2. The van der Waals surface area contributed by atoms with Crippen LogP contribution in [-0.2, 0) is 33.3 Å². The smallest absolute Gasteiger partial charge is 0.240 e. The molecule has 2 aliphatic rings. The number of anilines is 1. The van der Waals surface area contributed by atoms with Gasteiger partial charge in [0, 0.05) is 24.9 Å². The largest absolute Gasteiger partial charge is 0.458 e. The lowest BCUT2D eigenvalue weighted by molar-refractivity contribution is -0.118. The molecule has 1 amide bonds. The molecular weight excluding hydrogens is 404 g/mol. The van der Waals surface area contributed by atoms with Gasteiger partial charge >= 0.3 is 0 Å². The van der Waals surface area contributed by atoms with Gasteiger partial charge in [-0.2, -0.15) is 0 Å². The van der Waals surface area contributed by atoms with Gasteiger partial charge in [0.05, 0.1) is 10.6 Å². The summed E-state index contributed by atoms with van der Waals surface area (Å²) < 4.78 is 34.2. The number of nitrogens with one attached hydrogen (secondary N) is 1. The first-order valence-corrected chi connectivity index (χ1v) is 11.4. The maximum atomic E-state index is 13.0. The molecule has 2 aliphatic heterocycles. The monoisotopic (exact) mass is 426 g/mol. The zero-order chi connectivity index (χ0) is 21.1. The second-order valence-electron chi connectivity index (χ2n) is 8.13. The minimum absolute atomic E-state index is 0.0943. The maximum Gasteiger partial charge on any atom is 0.240 e. The molecule has 0 spiro atoms. The van der Waals surface area contributed by atoms with Crippen LogP contribution >= 0.6 is 0 Å². The van der Waals surface area contributed by atoms with Crippen LogP contribution in [0.2, 0.25) is 0 Å². The van der Waals surface area contributed by atoms with Crippen molar-refractivity contribution < 1.29 is 22.7 Å². The van der Waals surface area contributed by atoms with Crippen molar-refractivity contribution in [1.82, 2.24) is 4.72 Å². The molecule has 1 unspecified atom stereocenters. The summed E-state index contributed by atoms with van der Waals surface area (Å²) in [5.41, 5.74) is 1.76. The zero-order valence-electron chi connectivity index (χ0n) is 16.5. The van der Waals surface area contributed by atoms with Crippen molar-refractivity contribution in [3.63, 3.8) is 0 Å². The summed E-state index contributed by atoms with van der Waals surface area (Å²) in [4.78, 5) is 14.0. The Labute approximate surface area is 174 Å². The van der Waals surface area contributed by atoms with E-state index in [4.69, 9.17) is 4.42 Å². The minimum atomic E-state index is -3.85. The molecule has 7 nitrogen and oxygen atoms in total. The number of nitrogens with zero attached hydrogens (tertiary/aromatic N) is 1. The lowest BCUT2D eigenvalue weighted by Gasteiger charge is -2.26. The van der Waals surface area contributed by atoms with Crippen LogP contribution in [0.1, 0.15) is 30.2 Å². The van der Waals surface area contributed by atoms with Crippen molar-refractivity contribution in [2.24, 2.45) is 0 Å². The third-order valence-corrected chi connectivity index (χ3v) is 7.28. The van der Waals surface area contributed by atoms with E-state index >= 15 is 0 Å². The molecule has 2 N–H and O–H groups in total. The fourth-order valence-corrected chi connectivity index (χ4v) is 5.47. The number of para-hydroxylation sites is 1. The summed E-state index contributed by atoms with van der Waals surface area (Å²) in [6.07, 6.45) is 1.58. The molecule has 0 aliphatic carbocycles. The second-order valence-corrected chi connectivity index (χ2v) is 9.90. The Balaban J connectivity index is 1.40. The molecule has 0 fully saturated rings. The fraction of sp³-hybridized carbons (Fsp3) is 0.318. The normalized spacial score (nSPS) is 17.9. The van der Waals surface area contributed by atoms with Gasteiger partial charge in [-0.25, -0.2) is 13.1 Å². The van der Waals surface area contributed by atoms with Crippen LogP contribution in [0, 0.1) is 0 Å². The predicted molar refractivity (Wildman–Crippen MR) is 112 cm³/mol. The number of sulfonamides is 1. The van der Waals surface area contributed by atoms with Gasteiger partial charge in [-0.05, 0) is 55.2 Å². The fourth-order valence-electron chi connectivity index (χ4n) is 4.23. The van der Waals surface area contributed by atoms with Gasteiger partial charge in [-0.3, -0.25) is 4.79 Å². The number of rotatable bonds is 5. The van der Waals surface area contributed by atoms with Crippen LogP contribution in [0.25, 0.3) is 11.0 Å². The Morgan fingerprint density at radius 2 is 1.87 bits per heavy atom. The van der Waals surface area contributed by atoms with E-state index in [0.29, 0.717) is 37.2 Å². The maximum absolute atomic E-state index is 13.0. The average Bonchev–Trinajstić information content (AvgIpc) is 3.35. The predicted octanol–water partition coefficient (Wildman–Crippen LogP) is 2.45. The molecule has 1 aromatic heterocycles. The van der Waals surface area contributed by atoms with Crippen LogP contribution in [0.15, 0.2) is 51.8 Å². The van der Waals surface area contributed by atoms with Gasteiger partial charge in [0.25, 0.3) is 0 Å². The summed E-state index contributed by atoms with van der Waals surface area (Å²) in [7, 11) is -3.85. The average molecular weight is 426 g/mol. The first kappa shape index (κ1) is 19.3. The number of furan rings is 1. The third-order valence-electron chi connectivity index (χ3n) is 5.90. The van der Waals surface area contributed by atoms with Gasteiger partial charge in [-0.15, -0.1) is 0 Å². The van der Waals surface area contributed by atoms with Crippen LogP contribution in [-0.4, -0.2) is 32.5 Å². The highest BCUT2D eigenvalue weighted by atomic mass is 32.2. The Morgan fingerprint density at radius 1 is 1.13 bits per heavy atom. The van der Waals surface area contributed by atoms with Crippen LogP contribution < -0.4 is 9.62 Å². The first-order chi connectivity index (χ1) is 14.2. The summed E-state index contributed by atoms with van der Waals surface area (Å²) in [5.74, 6) is 0.390. The highest BCUT2D eigenvalue weighted by Crippen LogP contribution is 2.38. The van der Waals surface area contributed by atoms with E-state index < -0.39 is 15.6 Å². The Kier molecular flexibility index (Phi) is 4.29. The molecule has 8 heteroatoms. The molecule has 3 heterocycles. The summed E-state index contributed by atoms with van der Waals surface area (Å²) in [6.45, 7) is 1.88. The highest BCUT2D eigenvalue weighted by molar-refractivity contribution is 7.89. The number of aryl methyl sites for hydroxylation is 1. The van der Waals surface area contributed by atoms with Gasteiger partial charge < -0.3 is 14.4 Å². The van der Waals surface area contributed by atoms with Crippen molar-refractivity contribution in [1.29, 1.82) is 0 Å². The van der Waals surface area contributed by atoms with Crippen molar-refractivity contribution >= 4 is 32.6 Å². The van der Waals surface area contributed by atoms with E-state index in [2.05, 4.69) is 4.72 Å².